The normalized spacial score (nSPS) is 12.8. The van der Waals surface area contributed by atoms with Gasteiger partial charge in [0.1, 0.15) is 5.76 Å². The number of benzene rings is 1. The van der Waals surface area contributed by atoms with Crippen molar-refractivity contribution in [2.75, 3.05) is 6.26 Å². The molecule has 1 aromatic carbocycles. The largest absolute Gasteiger partial charge is 0.511 e. The number of nitrogens with one attached hydrogen (secondary N) is 1. The van der Waals surface area contributed by atoms with Gasteiger partial charge in [-0.2, -0.15) is 0 Å². The Kier molecular flexibility index (Phi) is 3.45. The van der Waals surface area contributed by atoms with E-state index in [0.717, 1.165) is 11.1 Å². The van der Waals surface area contributed by atoms with Crippen LogP contribution < -0.4 is 5.73 Å². The minimum atomic E-state index is -0.413. The second kappa shape index (κ2) is 4.85. The van der Waals surface area contributed by atoms with E-state index in [4.69, 9.17) is 5.73 Å². The molecule has 1 unspecified atom stereocenters. The fraction of sp³-hybridized carbons (Fsp3) is 0.231. The highest BCUT2D eigenvalue weighted by atomic mass is 32.2. The van der Waals surface area contributed by atoms with E-state index < -0.39 is 6.04 Å². The molecule has 0 amide bonds. The second-order valence-corrected chi connectivity index (χ2v) is 4.85. The summed E-state index contributed by atoms with van der Waals surface area (Å²) in [4.78, 5) is 4.44. The van der Waals surface area contributed by atoms with Gasteiger partial charge in [0.15, 0.2) is 0 Å². The molecule has 4 N–H and O–H groups in total. The van der Waals surface area contributed by atoms with Gasteiger partial charge in [0.05, 0.1) is 6.04 Å². The molecule has 1 heterocycles. The van der Waals surface area contributed by atoms with Gasteiger partial charge in [-0.05, 0) is 30.4 Å². The maximum absolute atomic E-state index is 9.28. The zero-order valence-electron chi connectivity index (χ0n) is 9.73. The van der Waals surface area contributed by atoms with Crippen LogP contribution in [-0.2, 0) is 6.42 Å². The summed E-state index contributed by atoms with van der Waals surface area (Å²) in [5.74, 6) is 0.0287. The van der Waals surface area contributed by atoms with E-state index in [1.165, 1.54) is 10.3 Å². The molecule has 2 aromatic rings. The first-order valence-electron chi connectivity index (χ1n) is 5.39. The lowest BCUT2D eigenvalue weighted by molar-refractivity contribution is 0.369. The zero-order chi connectivity index (χ0) is 12.4. The minimum absolute atomic E-state index is 0.0287. The lowest BCUT2D eigenvalue weighted by atomic mass is 10.0. The van der Waals surface area contributed by atoms with Crippen LogP contribution in [0.15, 0.2) is 41.6 Å². The van der Waals surface area contributed by atoms with Gasteiger partial charge in [-0.15, -0.1) is 11.8 Å². The molecular formula is C13H16N2OS. The molecular weight excluding hydrogens is 232 g/mol. The van der Waals surface area contributed by atoms with E-state index in [1.807, 2.05) is 18.3 Å². The fourth-order valence-corrected chi connectivity index (χ4v) is 2.57. The second-order valence-electron chi connectivity index (χ2n) is 4.00. The van der Waals surface area contributed by atoms with Crippen molar-refractivity contribution in [1.29, 1.82) is 0 Å². The Morgan fingerprint density at radius 3 is 3.00 bits per heavy atom. The number of rotatable bonds is 4. The third kappa shape index (κ3) is 2.33. The molecule has 0 fully saturated rings. The van der Waals surface area contributed by atoms with E-state index in [0.29, 0.717) is 6.42 Å². The highest BCUT2D eigenvalue weighted by Gasteiger charge is 2.13. The number of fused-ring (bicyclic) bond motifs is 1. The monoisotopic (exact) mass is 248 g/mol. The highest BCUT2D eigenvalue weighted by molar-refractivity contribution is 7.98. The van der Waals surface area contributed by atoms with Gasteiger partial charge in [-0.25, -0.2) is 0 Å². The third-order valence-corrected chi connectivity index (χ3v) is 3.62. The van der Waals surface area contributed by atoms with Crippen molar-refractivity contribution in [1.82, 2.24) is 4.98 Å². The number of aliphatic hydroxyl groups excluding tert-OH is 1. The van der Waals surface area contributed by atoms with Gasteiger partial charge in [0, 0.05) is 22.0 Å². The van der Waals surface area contributed by atoms with E-state index in [9.17, 15) is 5.11 Å². The van der Waals surface area contributed by atoms with Crippen LogP contribution in [0.25, 0.3) is 10.9 Å². The van der Waals surface area contributed by atoms with Crippen molar-refractivity contribution in [2.24, 2.45) is 5.73 Å². The Bertz CT molecular complexity index is 547. The molecule has 0 spiro atoms. The van der Waals surface area contributed by atoms with Crippen LogP contribution in [0.5, 0.6) is 0 Å². The number of thioether (sulfide) groups is 1. The van der Waals surface area contributed by atoms with E-state index in [2.05, 4.69) is 23.9 Å². The zero-order valence-corrected chi connectivity index (χ0v) is 10.6. The van der Waals surface area contributed by atoms with Gasteiger partial charge in [-0.1, -0.05) is 12.6 Å². The Balaban J connectivity index is 2.44. The molecule has 0 bridgehead atoms. The summed E-state index contributed by atoms with van der Waals surface area (Å²) in [6.07, 6.45) is 4.59. The molecule has 17 heavy (non-hydrogen) atoms. The lowest BCUT2D eigenvalue weighted by Gasteiger charge is -2.09. The van der Waals surface area contributed by atoms with Crippen LogP contribution in [0.2, 0.25) is 0 Å². The number of aromatic nitrogens is 1. The predicted octanol–water partition coefficient (Wildman–Crippen LogP) is 2.83. The Morgan fingerprint density at radius 2 is 2.35 bits per heavy atom. The van der Waals surface area contributed by atoms with Crippen LogP contribution in [0.3, 0.4) is 0 Å². The number of aromatic amines is 1. The number of H-pyrrole nitrogens is 1. The summed E-state index contributed by atoms with van der Waals surface area (Å²) in [5, 5.41) is 10.5. The minimum Gasteiger partial charge on any atom is -0.511 e. The number of nitrogens with two attached hydrogens (primary N) is 1. The van der Waals surface area contributed by atoms with Crippen LogP contribution in [-0.4, -0.2) is 22.4 Å². The van der Waals surface area contributed by atoms with Crippen molar-refractivity contribution in [3.63, 3.8) is 0 Å². The molecule has 0 aliphatic heterocycles. The topological polar surface area (TPSA) is 62.0 Å². The molecule has 0 aliphatic rings. The summed E-state index contributed by atoms with van der Waals surface area (Å²) >= 11 is 1.71. The first kappa shape index (κ1) is 12.1. The van der Waals surface area contributed by atoms with Crippen molar-refractivity contribution in [3.05, 3.63) is 42.3 Å². The van der Waals surface area contributed by atoms with Crippen LogP contribution in [0.1, 0.15) is 5.56 Å². The first-order chi connectivity index (χ1) is 8.13. The maximum atomic E-state index is 9.28. The number of hydrogen-bond acceptors (Lipinski definition) is 3. The molecule has 0 radical (unpaired) electrons. The van der Waals surface area contributed by atoms with E-state index in [-0.39, 0.29) is 5.76 Å². The van der Waals surface area contributed by atoms with Gasteiger partial charge in [0.2, 0.25) is 0 Å². The van der Waals surface area contributed by atoms with E-state index >= 15 is 0 Å². The lowest BCUT2D eigenvalue weighted by Crippen LogP contribution is -2.24. The summed E-state index contributed by atoms with van der Waals surface area (Å²) in [7, 11) is 0. The summed E-state index contributed by atoms with van der Waals surface area (Å²) in [5.41, 5.74) is 8.04. The Morgan fingerprint density at radius 1 is 1.59 bits per heavy atom. The van der Waals surface area contributed by atoms with E-state index in [1.54, 1.807) is 11.8 Å². The number of hydrogen-bond donors (Lipinski definition) is 3. The van der Waals surface area contributed by atoms with Crippen molar-refractivity contribution >= 4 is 22.7 Å². The quantitative estimate of drug-likeness (QED) is 0.576. The van der Waals surface area contributed by atoms with Gasteiger partial charge in [-0.3, -0.25) is 0 Å². The average molecular weight is 248 g/mol. The summed E-state index contributed by atoms with van der Waals surface area (Å²) in [6.45, 7) is 3.47. The molecule has 4 heteroatoms. The van der Waals surface area contributed by atoms with Gasteiger partial charge < -0.3 is 15.8 Å². The summed E-state index contributed by atoms with van der Waals surface area (Å²) < 4.78 is 0. The van der Waals surface area contributed by atoms with Crippen molar-refractivity contribution in [3.8, 4) is 0 Å². The van der Waals surface area contributed by atoms with Crippen LogP contribution in [0.4, 0.5) is 0 Å². The van der Waals surface area contributed by atoms with Crippen LogP contribution in [0, 0.1) is 0 Å². The van der Waals surface area contributed by atoms with Gasteiger partial charge in [0.25, 0.3) is 0 Å². The smallest absolute Gasteiger partial charge is 0.102 e. The first-order valence-corrected chi connectivity index (χ1v) is 6.62. The standard InChI is InChI=1S/C13H16N2OS/c1-8(16)10(14)6-9-7-15-11-4-3-5-12(17-2)13(9)11/h3-5,7,10,15-16H,1,6,14H2,2H3. The molecule has 0 saturated carbocycles. The fourth-order valence-electron chi connectivity index (χ4n) is 1.91. The molecule has 2 rings (SSSR count). The molecule has 90 valence electrons. The predicted molar refractivity (Wildman–Crippen MR) is 73.5 cm³/mol. The molecule has 0 saturated heterocycles. The maximum Gasteiger partial charge on any atom is 0.102 e. The molecule has 3 nitrogen and oxygen atoms in total. The molecule has 1 atom stereocenters. The SMILES string of the molecule is C=C(O)C(N)Cc1c[nH]c2cccc(SC)c12. The van der Waals surface area contributed by atoms with Crippen molar-refractivity contribution in [2.45, 2.75) is 17.4 Å². The highest BCUT2D eigenvalue weighted by Crippen LogP contribution is 2.29. The average Bonchev–Trinajstić information content (AvgIpc) is 2.72. The van der Waals surface area contributed by atoms with Crippen molar-refractivity contribution < 1.29 is 5.11 Å². The summed E-state index contributed by atoms with van der Waals surface area (Å²) in [6, 6.07) is 5.74. The third-order valence-electron chi connectivity index (χ3n) is 2.84. The molecule has 1 aromatic heterocycles. The Labute approximate surface area is 105 Å². The van der Waals surface area contributed by atoms with Gasteiger partial charge >= 0.3 is 0 Å². The molecule has 0 aliphatic carbocycles. The Hall–Kier alpha value is -1.39. The van der Waals surface area contributed by atoms with Crippen LogP contribution >= 0.6 is 11.8 Å². The number of aliphatic hydroxyl groups is 1.